The van der Waals surface area contributed by atoms with Gasteiger partial charge in [0.2, 0.25) is 10.0 Å². The predicted octanol–water partition coefficient (Wildman–Crippen LogP) is 1.85. The Morgan fingerprint density at radius 3 is 2.95 bits per heavy atom. The minimum absolute atomic E-state index is 0.0653. The third-order valence-corrected chi connectivity index (χ3v) is 6.81. The van der Waals surface area contributed by atoms with E-state index < -0.39 is 10.0 Å². The second-order valence-electron chi connectivity index (χ2n) is 4.47. The number of thiophene rings is 1. The monoisotopic (exact) mass is 369 g/mol. The summed E-state index contributed by atoms with van der Waals surface area (Å²) in [7, 11) is -3.59. The molecule has 1 fully saturated rings. The Labute approximate surface area is 125 Å². The average molecular weight is 370 g/mol. The minimum atomic E-state index is -3.59. The quantitative estimate of drug-likeness (QED) is 0.830. The van der Waals surface area contributed by atoms with E-state index in [0.29, 0.717) is 15.3 Å². The molecular weight excluding hydrogens is 354 g/mol. The van der Waals surface area contributed by atoms with Crippen LogP contribution in [0.15, 0.2) is 14.7 Å². The van der Waals surface area contributed by atoms with Crippen LogP contribution in [0.5, 0.6) is 0 Å². The first kappa shape index (κ1) is 15.4. The molecule has 0 bridgehead atoms. The number of aliphatic hydroxyl groups excluding tert-OH is 1. The van der Waals surface area contributed by atoms with Crippen LogP contribution < -0.4 is 4.72 Å². The van der Waals surface area contributed by atoms with Crippen molar-refractivity contribution in [2.45, 2.75) is 43.4 Å². The summed E-state index contributed by atoms with van der Waals surface area (Å²) in [6.07, 6.45) is 1.77. The van der Waals surface area contributed by atoms with Crippen LogP contribution in [-0.4, -0.2) is 32.3 Å². The summed E-state index contributed by atoms with van der Waals surface area (Å²) in [5.74, 6) is 0. The molecule has 0 aromatic carbocycles. The molecule has 5 nitrogen and oxygen atoms in total. The summed E-state index contributed by atoms with van der Waals surface area (Å²) in [4.78, 5) is 0.781. The van der Waals surface area contributed by atoms with E-state index in [0.717, 1.165) is 12.8 Å². The van der Waals surface area contributed by atoms with Crippen molar-refractivity contribution in [3.63, 3.8) is 0 Å². The molecule has 0 saturated carbocycles. The van der Waals surface area contributed by atoms with Gasteiger partial charge in [-0.2, -0.15) is 0 Å². The smallest absolute Gasteiger partial charge is 0.242 e. The van der Waals surface area contributed by atoms with Crippen molar-refractivity contribution in [3.8, 4) is 0 Å². The van der Waals surface area contributed by atoms with E-state index in [2.05, 4.69) is 20.7 Å². The van der Waals surface area contributed by atoms with Crippen molar-refractivity contribution in [1.82, 2.24) is 4.72 Å². The molecule has 108 valence electrons. The van der Waals surface area contributed by atoms with Crippen LogP contribution >= 0.6 is 27.3 Å². The minimum Gasteiger partial charge on any atom is -0.391 e. The van der Waals surface area contributed by atoms with Gasteiger partial charge in [0, 0.05) is 17.5 Å². The predicted molar refractivity (Wildman–Crippen MR) is 76.7 cm³/mol. The van der Waals surface area contributed by atoms with E-state index in [1.165, 1.54) is 17.4 Å². The zero-order valence-corrected chi connectivity index (χ0v) is 13.6. The van der Waals surface area contributed by atoms with E-state index in [-0.39, 0.29) is 23.6 Å². The Bertz CT molecular complexity index is 537. The molecule has 2 atom stereocenters. The first-order valence-electron chi connectivity index (χ1n) is 5.97. The summed E-state index contributed by atoms with van der Waals surface area (Å²) in [6.45, 7) is 2.33. The highest BCUT2D eigenvalue weighted by atomic mass is 79.9. The van der Waals surface area contributed by atoms with Gasteiger partial charge >= 0.3 is 0 Å². The number of ether oxygens (including phenoxy) is 1. The summed E-state index contributed by atoms with van der Waals surface area (Å²) in [5.41, 5.74) is 0. The Hall–Kier alpha value is 0.01000. The van der Waals surface area contributed by atoms with Gasteiger partial charge < -0.3 is 9.84 Å². The molecule has 2 heterocycles. The molecule has 8 heteroatoms. The number of nitrogens with one attached hydrogen (secondary N) is 1. The van der Waals surface area contributed by atoms with Gasteiger partial charge in [-0.05, 0) is 41.8 Å². The maximum atomic E-state index is 12.3. The van der Waals surface area contributed by atoms with E-state index >= 15 is 0 Å². The molecule has 1 saturated heterocycles. The van der Waals surface area contributed by atoms with Crippen molar-refractivity contribution in [1.29, 1.82) is 0 Å². The van der Waals surface area contributed by atoms with Gasteiger partial charge in [0.15, 0.2) is 0 Å². The maximum absolute atomic E-state index is 12.3. The SMILES string of the molecule is CC(NS(=O)(=O)c1cc(CO)sc1Br)C1CCCO1. The number of halogens is 1. The average Bonchev–Trinajstić information content (AvgIpc) is 2.96. The first-order chi connectivity index (χ1) is 8.94. The molecule has 19 heavy (non-hydrogen) atoms. The van der Waals surface area contributed by atoms with Crippen molar-refractivity contribution in [2.75, 3.05) is 6.61 Å². The van der Waals surface area contributed by atoms with Crippen LogP contribution in [0.2, 0.25) is 0 Å². The molecule has 1 aromatic rings. The first-order valence-corrected chi connectivity index (χ1v) is 9.06. The third-order valence-electron chi connectivity index (χ3n) is 3.02. The largest absolute Gasteiger partial charge is 0.391 e. The maximum Gasteiger partial charge on any atom is 0.242 e. The van der Waals surface area contributed by atoms with Gasteiger partial charge in [0.25, 0.3) is 0 Å². The van der Waals surface area contributed by atoms with Crippen LogP contribution in [0.4, 0.5) is 0 Å². The van der Waals surface area contributed by atoms with E-state index in [9.17, 15) is 8.42 Å². The van der Waals surface area contributed by atoms with Crippen molar-refractivity contribution >= 4 is 37.3 Å². The Balaban J connectivity index is 2.14. The highest BCUT2D eigenvalue weighted by Gasteiger charge is 2.28. The summed E-state index contributed by atoms with van der Waals surface area (Å²) < 4.78 is 33.2. The van der Waals surface area contributed by atoms with Crippen molar-refractivity contribution in [2.24, 2.45) is 0 Å². The van der Waals surface area contributed by atoms with Crippen LogP contribution in [0.3, 0.4) is 0 Å². The molecule has 2 rings (SSSR count). The normalized spacial score (nSPS) is 21.7. The topological polar surface area (TPSA) is 75.6 Å². The second-order valence-corrected chi connectivity index (χ2v) is 8.61. The lowest BCUT2D eigenvalue weighted by Gasteiger charge is -2.19. The van der Waals surface area contributed by atoms with Gasteiger partial charge in [-0.15, -0.1) is 11.3 Å². The lowest BCUT2D eigenvalue weighted by atomic mass is 10.1. The summed E-state index contributed by atoms with van der Waals surface area (Å²) in [6, 6.07) is 1.22. The Morgan fingerprint density at radius 1 is 1.68 bits per heavy atom. The van der Waals surface area contributed by atoms with E-state index in [1.54, 1.807) is 6.92 Å². The van der Waals surface area contributed by atoms with Crippen molar-refractivity contribution in [3.05, 3.63) is 14.7 Å². The Morgan fingerprint density at radius 2 is 2.42 bits per heavy atom. The Kier molecular flexibility index (Phi) is 5.02. The van der Waals surface area contributed by atoms with Gasteiger partial charge in [-0.1, -0.05) is 0 Å². The molecule has 1 aliphatic heterocycles. The van der Waals surface area contributed by atoms with E-state index in [1.807, 2.05) is 0 Å². The highest BCUT2D eigenvalue weighted by Crippen LogP contribution is 2.32. The third kappa shape index (κ3) is 3.56. The fraction of sp³-hybridized carbons (Fsp3) is 0.636. The zero-order chi connectivity index (χ0) is 14.0. The van der Waals surface area contributed by atoms with Gasteiger partial charge in [-0.3, -0.25) is 0 Å². The highest BCUT2D eigenvalue weighted by molar-refractivity contribution is 9.11. The fourth-order valence-corrected chi connectivity index (χ4v) is 5.85. The summed E-state index contributed by atoms with van der Waals surface area (Å²) >= 11 is 4.44. The van der Waals surface area contributed by atoms with Gasteiger partial charge in [0.05, 0.1) is 16.5 Å². The van der Waals surface area contributed by atoms with Crippen LogP contribution in [0.1, 0.15) is 24.6 Å². The standard InChI is InChI=1S/C11H16BrNO4S2/c1-7(9-3-2-4-17-9)13-19(15,16)10-5-8(6-14)18-11(10)12/h5,7,9,13-14H,2-4,6H2,1H3. The summed E-state index contributed by atoms with van der Waals surface area (Å²) in [5, 5.41) is 9.05. The van der Waals surface area contributed by atoms with Crippen LogP contribution in [0.25, 0.3) is 0 Å². The lowest BCUT2D eigenvalue weighted by molar-refractivity contribution is 0.0902. The molecular formula is C11H16BrNO4S2. The lowest BCUT2D eigenvalue weighted by Crippen LogP contribution is -2.40. The molecule has 2 unspecified atom stereocenters. The van der Waals surface area contributed by atoms with E-state index in [4.69, 9.17) is 9.84 Å². The number of aliphatic hydroxyl groups is 1. The number of hydrogen-bond donors (Lipinski definition) is 2. The molecule has 0 amide bonds. The van der Waals surface area contributed by atoms with Gasteiger partial charge in [0.1, 0.15) is 4.90 Å². The molecule has 0 radical (unpaired) electrons. The number of sulfonamides is 1. The molecule has 1 aromatic heterocycles. The molecule has 1 aliphatic rings. The van der Waals surface area contributed by atoms with Crippen LogP contribution in [0, 0.1) is 0 Å². The molecule has 0 spiro atoms. The zero-order valence-electron chi connectivity index (χ0n) is 10.4. The fourth-order valence-electron chi connectivity index (χ4n) is 2.04. The van der Waals surface area contributed by atoms with Crippen LogP contribution in [-0.2, 0) is 21.4 Å². The van der Waals surface area contributed by atoms with Gasteiger partial charge in [-0.25, -0.2) is 13.1 Å². The number of rotatable bonds is 5. The second kappa shape index (κ2) is 6.19. The molecule has 0 aliphatic carbocycles. The molecule has 2 N–H and O–H groups in total. The number of hydrogen-bond acceptors (Lipinski definition) is 5. The van der Waals surface area contributed by atoms with Crippen molar-refractivity contribution < 1.29 is 18.3 Å².